The van der Waals surface area contributed by atoms with Crippen LogP contribution in [0.15, 0.2) is 48.5 Å². The van der Waals surface area contributed by atoms with Gasteiger partial charge in [0.25, 0.3) is 0 Å². The van der Waals surface area contributed by atoms with E-state index >= 15 is 0 Å². The minimum absolute atomic E-state index is 0.103. The molecule has 1 spiro atoms. The van der Waals surface area contributed by atoms with Gasteiger partial charge in [0.05, 0.1) is 13.7 Å². The maximum Gasteiger partial charge on any atom is 0.239 e. The Morgan fingerprint density at radius 3 is 2.54 bits per heavy atom. The lowest BCUT2D eigenvalue weighted by atomic mass is 9.60. The van der Waals surface area contributed by atoms with Crippen molar-refractivity contribution in [3.05, 3.63) is 54.1 Å². The van der Waals surface area contributed by atoms with E-state index in [2.05, 4.69) is 59.4 Å². The van der Waals surface area contributed by atoms with Gasteiger partial charge in [0.1, 0.15) is 5.82 Å². The standard InChI is InChI=1S/C34H50N4O3/c1-4-5-11-26(2)22-33(28-14-7-6-8-15-28)18-20-34(21-19-33)25-37(32(40)38(34)23-27-12-9-13-27)24-30(39)35-29-16-10-17-31(36-29)41-3/h6-8,10,14-17,26-27,32,40H,4-5,9,11-13,18-25H2,1-3H3,(H,35,36,39)/t26?,32?,33-,34-. The minimum Gasteiger partial charge on any atom is -0.481 e. The molecule has 3 fully saturated rings. The Balaban J connectivity index is 1.32. The number of hydrogen-bond donors (Lipinski definition) is 2. The Bertz CT molecular complexity index is 1130. The fraction of sp³-hybridized carbons (Fsp3) is 0.647. The summed E-state index contributed by atoms with van der Waals surface area (Å²) in [4.78, 5) is 21.8. The monoisotopic (exact) mass is 562 g/mol. The molecule has 7 nitrogen and oxygen atoms in total. The predicted octanol–water partition coefficient (Wildman–Crippen LogP) is 6.19. The van der Waals surface area contributed by atoms with Crippen LogP contribution in [-0.4, -0.2) is 64.4 Å². The first-order valence-corrected chi connectivity index (χ1v) is 15.9. The zero-order valence-corrected chi connectivity index (χ0v) is 25.4. The van der Waals surface area contributed by atoms with Crippen LogP contribution in [0.25, 0.3) is 0 Å². The molecule has 2 unspecified atom stereocenters. The van der Waals surface area contributed by atoms with Crippen molar-refractivity contribution < 1.29 is 14.6 Å². The predicted molar refractivity (Wildman–Crippen MR) is 164 cm³/mol. The summed E-state index contributed by atoms with van der Waals surface area (Å²) in [7, 11) is 1.56. The van der Waals surface area contributed by atoms with Gasteiger partial charge in [-0.3, -0.25) is 14.6 Å². The van der Waals surface area contributed by atoms with Gasteiger partial charge in [0, 0.05) is 24.7 Å². The number of pyridine rings is 1. The van der Waals surface area contributed by atoms with Crippen molar-refractivity contribution in [2.24, 2.45) is 11.8 Å². The summed E-state index contributed by atoms with van der Waals surface area (Å²) in [5, 5.41) is 14.6. The van der Waals surface area contributed by atoms with Crippen LogP contribution in [0.5, 0.6) is 5.88 Å². The van der Waals surface area contributed by atoms with Crippen LogP contribution in [0.1, 0.15) is 90.0 Å². The maximum atomic E-state index is 13.1. The molecule has 5 rings (SSSR count). The number of carbonyl (C=O) groups excluding carboxylic acids is 1. The van der Waals surface area contributed by atoms with Gasteiger partial charge in [0.2, 0.25) is 11.8 Å². The van der Waals surface area contributed by atoms with Gasteiger partial charge in [-0.1, -0.05) is 75.9 Å². The highest BCUT2D eigenvalue weighted by Gasteiger charge is 2.54. The topological polar surface area (TPSA) is 77.9 Å². The second-order valence-electron chi connectivity index (χ2n) is 13.1. The summed E-state index contributed by atoms with van der Waals surface area (Å²) in [6.07, 6.45) is 12.4. The van der Waals surface area contributed by atoms with E-state index in [-0.39, 0.29) is 23.4 Å². The van der Waals surface area contributed by atoms with Crippen molar-refractivity contribution >= 4 is 11.7 Å². The van der Waals surface area contributed by atoms with Gasteiger partial charge in [-0.15, -0.1) is 0 Å². The van der Waals surface area contributed by atoms with E-state index in [9.17, 15) is 9.90 Å². The molecule has 0 radical (unpaired) electrons. The smallest absolute Gasteiger partial charge is 0.239 e. The number of aliphatic hydroxyl groups is 1. The molecule has 2 saturated carbocycles. The van der Waals surface area contributed by atoms with E-state index in [0.29, 0.717) is 23.5 Å². The molecule has 0 bridgehead atoms. The molecular formula is C34H50N4O3. The molecule has 1 aromatic carbocycles. The average Bonchev–Trinajstić information content (AvgIpc) is 3.20. The lowest BCUT2D eigenvalue weighted by Crippen LogP contribution is -2.55. The second kappa shape index (κ2) is 13.2. The first kappa shape index (κ1) is 30.0. The van der Waals surface area contributed by atoms with E-state index in [1.165, 1.54) is 50.5 Å². The second-order valence-corrected chi connectivity index (χ2v) is 13.1. The summed E-state index contributed by atoms with van der Waals surface area (Å²) in [6.45, 7) is 6.49. The number of rotatable bonds is 12. The van der Waals surface area contributed by atoms with Crippen LogP contribution in [-0.2, 0) is 10.2 Å². The highest BCUT2D eigenvalue weighted by molar-refractivity contribution is 5.91. The van der Waals surface area contributed by atoms with Gasteiger partial charge in [-0.2, -0.15) is 4.98 Å². The molecule has 2 atom stereocenters. The highest BCUT2D eigenvalue weighted by atomic mass is 16.5. The Morgan fingerprint density at radius 2 is 1.88 bits per heavy atom. The number of aromatic nitrogens is 1. The number of methoxy groups -OCH3 is 1. The maximum absolute atomic E-state index is 13.1. The van der Waals surface area contributed by atoms with Gasteiger partial charge in [-0.25, -0.2) is 0 Å². The summed E-state index contributed by atoms with van der Waals surface area (Å²) < 4.78 is 5.20. The Kier molecular flexibility index (Phi) is 9.67. The van der Waals surface area contributed by atoms with Crippen LogP contribution in [0, 0.1) is 11.8 Å². The number of nitrogens with one attached hydrogen (secondary N) is 1. The van der Waals surface area contributed by atoms with Crippen LogP contribution in [0.4, 0.5) is 5.82 Å². The third-order valence-corrected chi connectivity index (χ3v) is 10.3. The molecule has 1 saturated heterocycles. The molecule has 7 heteroatoms. The van der Waals surface area contributed by atoms with E-state index in [4.69, 9.17) is 4.74 Å². The van der Waals surface area contributed by atoms with E-state index in [0.717, 1.165) is 38.8 Å². The average molecular weight is 563 g/mol. The first-order valence-electron chi connectivity index (χ1n) is 15.9. The molecule has 1 aliphatic heterocycles. The van der Waals surface area contributed by atoms with Crippen molar-refractivity contribution in [3.63, 3.8) is 0 Å². The SMILES string of the molecule is CCCCC(C)C[C@]1(c2ccccc2)CC[C@]2(CC1)CN(CC(=O)Nc1cccc(OC)n1)C(O)N2CC1CCC1. The Morgan fingerprint density at radius 1 is 1.12 bits per heavy atom. The largest absolute Gasteiger partial charge is 0.481 e. The van der Waals surface area contributed by atoms with Gasteiger partial charge in [-0.05, 0) is 73.8 Å². The quantitative estimate of drug-likeness (QED) is 0.321. The van der Waals surface area contributed by atoms with Crippen molar-refractivity contribution in [2.75, 3.05) is 32.1 Å². The lowest BCUT2D eigenvalue weighted by molar-refractivity contribution is -0.125. The number of aliphatic hydroxyl groups excluding tert-OH is 1. The first-order chi connectivity index (χ1) is 19.9. The summed E-state index contributed by atoms with van der Waals surface area (Å²) in [5.74, 6) is 2.10. The highest BCUT2D eigenvalue weighted by Crippen LogP contribution is 2.52. The summed E-state index contributed by atoms with van der Waals surface area (Å²) in [6, 6.07) is 16.5. The number of ether oxygens (including phenoxy) is 1. The number of anilines is 1. The third-order valence-electron chi connectivity index (χ3n) is 10.3. The lowest BCUT2D eigenvalue weighted by Gasteiger charge is -2.50. The zero-order chi connectivity index (χ0) is 28.9. The molecule has 224 valence electrons. The van der Waals surface area contributed by atoms with Crippen LogP contribution < -0.4 is 10.1 Å². The van der Waals surface area contributed by atoms with E-state index in [1.807, 2.05) is 11.0 Å². The van der Waals surface area contributed by atoms with Crippen molar-refractivity contribution in [1.29, 1.82) is 0 Å². The van der Waals surface area contributed by atoms with Crippen molar-refractivity contribution in [3.8, 4) is 5.88 Å². The minimum atomic E-state index is -0.743. The van der Waals surface area contributed by atoms with Crippen LogP contribution in [0.2, 0.25) is 0 Å². The van der Waals surface area contributed by atoms with E-state index < -0.39 is 6.35 Å². The summed E-state index contributed by atoms with van der Waals surface area (Å²) in [5.41, 5.74) is 1.55. The molecule has 2 heterocycles. The van der Waals surface area contributed by atoms with Crippen LogP contribution in [0.3, 0.4) is 0 Å². The zero-order valence-electron chi connectivity index (χ0n) is 25.4. The Labute approximate surface area is 246 Å². The van der Waals surface area contributed by atoms with Gasteiger partial charge in [0.15, 0.2) is 6.35 Å². The molecule has 1 amide bonds. The Hall–Kier alpha value is -2.48. The fourth-order valence-corrected chi connectivity index (χ4v) is 7.70. The normalized spacial score (nSPS) is 28.0. The number of carbonyl (C=O) groups is 1. The number of hydrogen-bond acceptors (Lipinski definition) is 6. The molecule has 2 aromatic rings. The molecule has 2 N–H and O–H groups in total. The third kappa shape index (κ3) is 6.79. The van der Waals surface area contributed by atoms with Gasteiger partial charge >= 0.3 is 0 Å². The fourth-order valence-electron chi connectivity index (χ4n) is 7.70. The van der Waals surface area contributed by atoms with Crippen molar-refractivity contribution in [2.45, 2.75) is 102 Å². The number of benzene rings is 1. The number of nitrogens with zero attached hydrogens (tertiary/aromatic N) is 3. The molecule has 2 aliphatic carbocycles. The van der Waals surface area contributed by atoms with Gasteiger partial charge < -0.3 is 15.2 Å². The number of amides is 1. The number of unbranched alkanes of at least 4 members (excludes halogenated alkanes) is 1. The summed E-state index contributed by atoms with van der Waals surface area (Å²) >= 11 is 0. The van der Waals surface area contributed by atoms with Crippen LogP contribution >= 0.6 is 0 Å². The van der Waals surface area contributed by atoms with E-state index in [1.54, 1.807) is 19.2 Å². The molecule has 1 aromatic heterocycles. The molecule has 3 aliphatic rings. The van der Waals surface area contributed by atoms with Crippen molar-refractivity contribution in [1.82, 2.24) is 14.8 Å². The molecular weight excluding hydrogens is 512 g/mol. The molecule has 41 heavy (non-hydrogen) atoms.